The number of nitriles is 1. The van der Waals surface area contributed by atoms with E-state index in [9.17, 15) is 0 Å². The van der Waals surface area contributed by atoms with E-state index in [2.05, 4.69) is 11.1 Å². The Balaban J connectivity index is 1.93. The van der Waals surface area contributed by atoms with E-state index in [0.29, 0.717) is 13.0 Å². The quantitative estimate of drug-likeness (QED) is 0.736. The van der Waals surface area contributed by atoms with E-state index in [0.717, 1.165) is 28.3 Å². The molecule has 0 aliphatic carbocycles. The van der Waals surface area contributed by atoms with Crippen LogP contribution in [-0.4, -0.2) is 9.38 Å². The molecule has 104 valence electrons. The number of benzene rings is 1. The number of hydrogen-bond donors (Lipinski definition) is 0. The monoisotopic (exact) mass is 279 g/mol. The summed E-state index contributed by atoms with van der Waals surface area (Å²) < 4.78 is 7.82. The normalized spacial score (nSPS) is 10.5. The lowest BCUT2D eigenvalue weighted by atomic mass is 10.2. The number of aromatic nitrogens is 2. The molecule has 0 saturated heterocycles. The van der Waals surface area contributed by atoms with Crippen LogP contribution >= 0.6 is 0 Å². The number of imidazole rings is 1. The molecule has 0 fully saturated rings. The summed E-state index contributed by atoms with van der Waals surface area (Å²) in [6.45, 7) is 2.42. The van der Waals surface area contributed by atoms with Crippen LogP contribution in [0.2, 0.25) is 0 Å². The first-order valence-corrected chi connectivity index (χ1v) is 6.80. The van der Waals surface area contributed by atoms with Crippen molar-refractivity contribution >= 4 is 5.65 Å². The maximum absolute atomic E-state index is 8.92. The predicted molar refractivity (Wildman–Crippen MR) is 80.0 cm³/mol. The Morgan fingerprint density at radius 1 is 1.24 bits per heavy atom. The number of nitrogens with zero attached hydrogens (tertiary/aromatic N) is 3. The topological polar surface area (TPSA) is 50.3 Å². The van der Waals surface area contributed by atoms with Gasteiger partial charge in [0.25, 0.3) is 0 Å². The van der Waals surface area contributed by atoms with Gasteiger partial charge >= 0.3 is 0 Å². The highest BCUT2D eigenvalue weighted by molar-refractivity contribution is 5.56. The second-order valence-electron chi connectivity index (χ2n) is 4.82. The van der Waals surface area contributed by atoms with Crippen LogP contribution in [0.5, 0.6) is 5.75 Å². The fraction of sp³-hybridized carbons (Fsp3) is 0.176. The van der Waals surface area contributed by atoms with Crippen LogP contribution in [0.1, 0.15) is 17.0 Å². The van der Waals surface area contributed by atoms with Crippen LogP contribution in [0.3, 0.4) is 0 Å². The van der Waals surface area contributed by atoms with Crippen molar-refractivity contribution in [2.45, 2.75) is 20.0 Å². The number of pyridine rings is 1. The van der Waals surface area contributed by atoms with Gasteiger partial charge < -0.3 is 4.74 Å². The van der Waals surface area contributed by atoms with E-state index in [1.807, 2.05) is 60.0 Å². The zero-order chi connectivity index (χ0) is 14.7. The third-order valence-corrected chi connectivity index (χ3v) is 3.40. The highest BCUT2D eigenvalue weighted by Crippen LogP contribution is 2.23. The summed E-state index contributed by atoms with van der Waals surface area (Å²) in [6, 6.07) is 16.0. The minimum Gasteiger partial charge on any atom is -0.485 e. The predicted octanol–water partition coefficient (Wildman–Crippen LogP) is 3.29. The summed E-state index contributed by atoms with van der Waals surface area (Å²) in [7, 11) is 0. The molecular formula is C17H15N3O. The molecule has 4 heteroatoms. The standard InChI is InChI=1S/C17H15N3O/c1-13-15(9-10-18)20-11-5-8-16(17(20)19-13)21-12-14-6-3-2-4-7-14/h2-8,11H,9,12H2,1H3/i9+2. The summed E-state index contributed by atoms with van der Waals surface area (Å²) in [5.74, 6) is 0.730. The Morgan fingerprint density at radius 2 is 2.05 bits per heavy atom. The number of fused-ring (bicyclic) bond motifs is 1. The molecule has 2 aromatic heterocycles. The van der Waals surface area contributed by atoms with Crippen LogP contribution in [0, 0.1) is 18.3 Å². The van der Waals surface area contributed by atoms with Crippen LogP contribution in [-0.2, 0) is 13.0 Å². The molecule has 4 nitrogen and oxygen atoms in total. The minimum absolute atomic E-state index is 0.342. The van der Waals surface area contributed by atoms with Crippen molar-refractivity contribution < 1.29 is 4.74 Å². The molecule has 0 bridgehead atoms. The van der Waals surface area contributed by atoms with E-state index < -0.39 is 0 Å². The lowest BCUT2D eigenvalue weighted by Gasteiger charge is -2.07. The summed E-state index contributed by atoms with van der Waals surface area (Å²) in [6.07, 6.45) is 2.26. The largest absolute Gasteiger partial charge is 0.485 e. The van der Waals surface area contributed by atoms with Crippen molar-refractivity contribution in [3.63, 3.8) is 0 Å². The lowest BCUT2D eigenvalue weighted by molar-refractivity contribution is 0.308. The van der Waals surface area contributed by atoms with Gasteiger partial charge in [0.05, 0.1) is 23.9 Å². The van der Waals surface area contributed by atoms with Gasteiger partial charge in [0.2, 0.25) is 0 Å². The molecule has 0 unspecified atom stereocenters. The van der Waals surface area contributed by atoms with Gasteiger partial charge in [-0.25, -0.2) is 4.98 Å². The van der Waals surface area contributed by atoms with Gasteiger partial charge in [-0.15, -0.1) is 0 Å². The zero-order valence-electron chi connectivity index (χ0n) is 11.8. The van der Waals surface area contributed by atoms with Crippen LogP contribution < -0.4 is 4.74 Å². The molecule has 0 spiro atoms. The molecule has 2 heterocycles. The van der Waals surface area contributed by atoms with Crippen molar-refractivity contribution in [3.8, 4) is 11.8 Å². The number of ether oxygens (including phenoxy) is 1. The van der Waals surface area contributed by atoms with Gasteiger partial charge in [-0.2, -0.15) is 5.26 Å². The van der Waals surface area contributed by atoms with E-state index in [1.165, 1.54) is 0 Å². The molecular weight excluding hydrogens is 264 g/mol. The molecule has 21 heavy (non-hydrogen) atoms. The molecule has 0 radical (unpaired) electrons. The molecule has 0 aliphatic heterocycles. The fourth-order valence-electron chi connectivity index (χ4n) is 2.34. The van der Waals surface area contributed by atoms with Crippen molar-refractivity contribution in [3.05, 3.63) is 65.6 Å². The maximum Gasteiger partial charge on any atom is 0.180 e. The summed E-state index contributed by atoms with van der Waals surface area (Å²) in [5.41, 5.74) is 3.65. The van der Waals surface area contributed by atoms with E-state index in [-0.39, 0.29) is 0 Å². The Morgan fingerprint density at radius 3 is 2.81 bits per heavy atom. The van der Waals surface area contributed by atoms with Crippen LogP contribution in [0.15, 0.2) is 48.7 Å². The fourth-order valence-corrected chi connectivity index (χ4v) is 2.34. The van der Waals surface area contributed by atoms with Gasteiger partial charge in [0.1, 0.15) is 6.61 Å². The first-order valence-electron chi connectivity index (χ1n) is 6.80. The van der Waals surface area contributed by atoms with E-state index >= 15 is 0 Å². The minimum atomic E-state index is 0.342. The summed E-state index contributed by atoms with van der Waals surface area (Å²) in [4.78, 5) is 4.53. The second-order valence-corrected chi connectivity index (χ2v) is 4.82. The smallest absolute Gasteiger partial charge is 0.180 e. The zero-order valence-corrected chi connectivity index (χ0v) is 11.8. The number of rotatable bonds is 4. The van der Waals surface area contributed by atoms with E-state index in [4.69, 9.17) is 10.00 Å². The van der Waals surface area contributed by atoms with Gasteiger partial charge in [-0.3, -0.25) is 4.40 Å². The van der Waals surface area contributed by atoms with Crippen LogP contribution in [0.4, 0.5) is 0 Å². The third-order valence-electron chi connectivity index (χ3n) is 3.40. The van der Waals surface area contributed by atoms with Crippen molar-refractivity contribution in [2.75, 3.05) is 0 Å². The number of hydrogen-bond acceptors (Lipinski definition) is 3. The van der Waals surface area contributed by atoms with Crippen molar-refractivity contribution in [1.29, 1.82) is 5.26 Å². The molecule has 0 aliphatic rings. The first-order chi connectivity index (χ1) is 10.3. The lowest BCUT2D eigenvalue weighted by Crippen LogP contribution is -1.98. The number of aryl methyl sites for hydroxylation is 1. The van der Waals surface area contributed by atoms with Crippen molar-refractivity contribution in [2.24, 2.45) is 0 Å². The SMILES string of the molecule is Cc1nc2c(OCc3ccccc3)cccn2c1[14CH2]C#N. The highest BCUT2D eigenvalue weighted by atomic mass is 16.5. The maximum atomic E-state index is 8.92. The average Bonchev–Trinajstić information content (AvgIpc) is 2.83. The Hall–Kier alpha value is -2.80. The summed E-state index contributed by atoms with van der Waals surface area (Å²) >= 11 is 0. The Labute approximate surface area is 123 Å². The van der Waals surface area contributed by atoms with Gasteiger partial charge in [-0.05, 0) is 24.6 Å². The molecule has 1 aromatic carbocycles. The van der Waals surface area contributed by atoms with Gasteiger partial charge in [-0.1, -0.05) is 30.3 Å². The Kier molecular flexibility index (Phi) is 3.57. The van der Waals surface area contributed by atoms with Crippen molar-refractivity contribution in [1.82, 2.24) is 9.38 Å². The molecule has 3 aromatic rings. The average molecular weight is 279 g/mol. The first kappa shape index (κ1) is 13.2. The van der Waals surface area contributed by atoms with Gasteiger partial charge in [0.15, 0.2) is 11.4 Å². The van der Waals surface area contributed by atoms with E-state index in [1.54, 1.807) is 0 Å². The van der Waals surface area contributed by atoms with Gasteiger partial charge in [0, 0.05) is 6.20 Å². The highest BCUT2D eigenvalue weighted by Gasteiger charge is 2.12. The summed E-state index contributed by atoms with van der Waals surface area (Å²) in [5, 5.41) is 8.92. The Bertz CT molecular complexity index is 800. The van der Waals surface area contributed by atoms with Crippen LogP contribution in [0.25, 0.3) is 5.65 Å². The third kappa shape index (κ3) is 2.59. The molecule has 0 amide bonds. The molecule has 0 saturated carbocycles. The molecule has 0 N–H and O–H groups in total. The second kappa shape index (κ2) is 5.68. The molecule has 0 atom stereocenters. The molecule has 3 rings (SSSR count).